The molecule has 2 rings (SSSR count). The van der Waals surface area contributed by atoms with Gasteiger partial charge in [0, 0.05) is 29.2 Å². The molecule has 0 aliphatic heterocycles. The molecular weight excluding hydrogens is 288 g/mol. The van der Waals surface area contributed by atoms with Crippen molar-refractivity contribution >= 4 is 23.4 Å². The molecule has 4 nitrogen and oxygen atoms in total. The van der Waals surface area contributed by atoms with E-state index in [0.717, 1.165) is 0 Å². The zero-order valence-electron chi connectivity index (χ0n) is 11.3. The van der Waals surface area contributed by atoms with E-state index >= 15 is 0 Å². The molecule has 21 heavy (non-hydrogen) atoms. The topological polar surface area (TPSA) is 58.2 Å². The number of halogens is 1. The summed E-state index contributed by atoms with van der Waals surface area (Å²) in [5, 5.41) is 6.05. The van der Waals surface area contributed by atoms with Crippen LogP contribution in [0.25, 0.3) is 0 Å². The first-order valence-corrected chi connectivity index (χ1v) is 6.91. The molecule has 5 heteroatoms. The molecule has 0 aliphatic rings. The number of rotatable bonds is 5. The van der Waals surface area contributed by atoms with Crippen LogP contribution in [0, 0.1) is 0 Å². The number of benzene rings is 2. The summed E-state index contributed by atoms with van der Waals surface area (Å²) in [6, 6.07) is 15.6. The van der Waals surface area contributed by atoms with Crippen LogP contribution in [0.4, 0.5) is 0 Å². The number of carbonyl (C=O) groups excluding carboxylic acids is 2. The molecule has 0 spiro atoms. The highest BCUT2D eigenvalue weighted by Crippen LogP contribution is 2.09. The fraction of sp³-hybridized carbons (Fsp3) is 0.125. The predicted octanol–water partition coefficient (Wildman–Crippen LogP) is 2.50. The van der Waals surface area contributed by atoms with Crippen LogP contribution in [0.1, 0.15) is 20.7 Å². The molecule has 0 unspecified atom stereocenters. The standard InChI is InChI=1S/C16H15ClN2O2/c17-14-8-6-13(7-9-14)16(21)19-11-10-18-15(20)12-4-2-1-3-5-12/h1-9H,10-11H2,(H,18,20)(H,19,21). The molecule has 0 saturated carbocycles. The summed E-state index contributed by atoms with van der Waals surface area (Å²) in [5.74, 6) is -0.350. The smallest absolute Gasteiger partial charge is 0.251 e. The van der Waals surface area contributed by atoms with Crippen LogP contribution in [0.2, 0.25) is 5.02 Å². The molecule has 0 saturated heterocycles. The molecule has 0 atom stereocenters. The number of carbonyl (C=O) groups is 2. The first-order chi connectivity index (χ1) is 10.2. The van der Waals surface area contributed by atoms with Crippen molar-refractivity contribution in [3.05, 3.63) is 70.7 Å². The minimum absolute atomic E-state index is 0.156. The van der Waals surface area contributed by atoms with Gasteiger partial charge in [-0.1, -0.05) is 29.8 Å². The molecule has 108 valence electrons. The van der Waals surface area contributed by atoms with E-state index in [4.69, 9.17) is 11.6 Å². The Bertz CT molecular complexity index is 612. The lowest BCUT2D eigenvalue weighted by Crippen LogP contribution is -2.34. The monoisotopic (exact) mass is 302 g/mol. The Hall–Kier alpha value is -2.33. The number of hydrogen-bond acceptors (Lipinski definition) is 2. The molecule has 2 aromatic rings. The molecule has 2 aromatic carbocycles. The van der Waals surface area contributed by atoms with Gasteiger partial charge in [-0.2, -0.15) is 0 Å². The highest BCUT2D eigenvalue weighted by molar-refractivity contribution is 6.30. The van der Waals surface area contributed by atoms with E-state index in [2.05, 4.69) is 10.6 Å². The van der Waals surface area contributed by atoms with Crippen LogP contribution >= 0.6 is 11.6 Å². The van der Waals surface area contributed by atoms with Crippen molar-refractivity contribution < 1.29 is 9.59 Å². The van der Waals surface area contributed by atoms with E-state index in [0.29, 0.717) is 29.2 Å². The Morgan fingerprint density at radius 1 is 0.762 bits per heavy atom. The van der Waals surface area contributed by atoms with Crippen LogP contribution in [0.5, 0.6) is 0 Å². The van der Waals surface area contributed by atoms with Crippen molar-refractivity contribution in [3.8, 4) is 0 Å². The molecule has 0 aliphatic carbocycles. The number of nitrogens with one attached hydrogen (secondary N) is 2. The van der Waals surface area contributed by atoms with Crippen LogP contribution < -0.4 is 10.6 Å². The SMILES string of the molecule is O=C(NCCNC(=O)c1ccc(Cl)cc1)c1ccccc1. The van der Waals surface area contributed by atoms with Crippen molar-refractivity contribution in [1.82, 2.24) is 10.6 Å². The second kappa shape index (κ2) is 7.45. The summed E-state index contributed by atoms with van der Waals surface area (Å²) < 4.78 is 0. The largest absolute Gasteiger partial charge is 0.350 e. The molecule has 0 radical (unpaired) electrons. The molecule has 0 bridgehead atoms. The van der Waals surface area contributed by atoms with Gasteiger partial charge in [0.05, 0.1) is 0 Å². The quantitative estimate of drug-likeness (QED) is 0.834. The van der Waals surface area contributed by atoms with Crippen molar-refractivity contribution in [1.29, 1.82) is 0 Å². The summed E-state index contributed by atoms with van der Waals surface area (Å²) in [6.45, 7) is 0.729. The average molecular weight is 303 g/mol. The number of hydrogen-bond donors (Lipinski definition) is 2. The van der Waals surface area contributed by atoms with E-state index in [1.54, 1.807) is 48.5 Å². The van der Waals surface area contributed by atoms with Crippen molar-refractivity contribution in [3.63, 3.8) is 0 Å². The highest BCUT2D eigenvalue weighted by atomic mass is 35.5. The fourth-order valence-electron chi connectivity index (χ4n) is 1.75. The van der Waals surface area contributed by atoms with Gasteiger partial charge in [-0.15, -0.1) is 0 Å². The first-order valence-electron chi connectivity index (χ1n) is 6.54. The van der Waals surface area contributed by atoms with Crippen LogP contribution in [-0.4, -0.2) is 24.9 Å². The highest BCUT2D eigenvalue weighted by Gasteiger charge is 2.06. The molecule has 0 aromatic heterocycles. The van der Waals surface area contributed by atoms with Crippen LogP contribution in [0.15, 0.2) is 54.6 Å². The minimum Gasteiger partial charge on any atom is -0.350 e. The zero-order chi connectivity index (χ0) is 15.1. The van der Waals surface area contributed by atoms with Gasteiger partial charge in [-0.3, -0.25) is 9.59 Å². The summed E-state index contributed by atoms with van der Waals surface area (Å²) in [4.78, 5) is 23.6. The third-order valence-corrected chi connectivity index (χ3v) is 3.09. The Kier molecular flexibility index (Phi) is 5.35. The molecular formula is C16H15ClN2O2. The van der Waals surface area contributed by atoms with E-state index in [-0.39, 0.29) is 11.8 Å². The van der Waals surface area contributed by atoms with Gasteiger partial charge >= 0.3 is 0 Å². The van der Waals surface area contributed by atoms with Gasteiger partial charge in [0.1, 0.15) is 0 Å². The van der Waals surface area contributed by atoms with Crippen LogP contribution in [-0.2, 0) is 0 Å². The second-order valence-corrected chi connectivity index (χ2v) is 4.82. The minimum atomic E-state index is -0.194. The maximum Gasteiger partial charge on any atom is 0.251 e. The summed E-state index contributed by atoms with van der Waals surface area (Å²) in [5.41, 5.74) is 1.13. The maximum atomic E-state index is 11.8. The van der Waals surface area contributed by atoms with Gasteiger partial charge in [-0.05, 0) is 36.4 Å². The lowest BCUT2D eigenvalue weighted by Gasteiger charge is -2.07. The third-order valence-electron chi connectivity index (χ3n) is 2.84. The van der Waals surface area contributed by atoms with E-state index in [1.807, 2.05) is 6.07 Å². The third kappa shape index (κ3) is 4.61. The van der Waals surface area contributed by atoms with Gasteiger partial charge in [-0.25, -0.2) is 0 Å². The average Bonchev–Trinajstić information content (AvgIpc) is 2.52. The molecule has 2 amide bonds. The lowest BCUT2D eigenvalue weighted by atomic mass is 10.2. The normalized spacial score (nSPS) is 9.95. The Morgan fingerprint density at radius 2 is 1.24 bits per heavy atom. The van der Waals surface area contributed by atoms with Crippen molar-refractivity contribution in [2.75, 3.05) is 13.1 Å². The van der Waals surface area contributed by atoms with Crippen molar-refractivity contribution in [2.45, 2.75) is 0 Å². The predicted molar refractivity (Wildman–Crippen MR) is 82.6 cm³/mol. The lowest BCUT2D eigenvalue weighted by molar-refractivity contribution is 0.0927. The van der Waals surface area contributed by atoms with E-state index < -0.39 is 0 Å². The van der Waals surface area contributed by atoms with Crippen LogP contribution in [0.3, 0.4) is 0 Å². The Balaban J connectivity index is 1.73. The Morgan fingerprint density at radius 3 is 1.76 bits per heavy atom. The zero-order valence-corrected chi connectivity index (χ0v) is 12.1. The van der Waals surface area contributed by atoms with Gasteiger partial charge < -0.3 is 10.6 Å². The maximum absolute atomic E-state index is 11.8. The summed E-state index contributed by atoms with van der Waals surface area (Å²) >= 11 is 5.76. The summed E-state index contributed by atoms with van der Waals surface area (Å²) in [7, 11) is 0. The van der Waals surface area contributed by atoms with E-state index in [1.165, 1.54) is 0 Å². The van der Waals surface area contributed by atoms with Gasteiger partial charge in [0.25, 0.3) is 11.8 Å². The molecule has 2 N–H and O–H groups in total. The van der Waals surface area contributed by atoms with Gasteiger partial charge in [0.2, 0.25) is 0 Å². The molecule has 0 fully saturated rings. The fourth-order valence-corrected chi connectivity index (χ4v) is 1.87. The van der Waals surface area contributed by atoms with E-state index in [9.17, 15) is 9.59 Å². The Labute approximate surface area is 128 Å². The number of amides is 2. The summed E-state index contributed by atoms with van der Waals surface area (Å²) in [6.07, 6.45) is 0. The first kappa shape index (κ1) is 15.1. The second-order valence-electron chi connectivity index (χ2n) is 4.38. The van der Waals surface area contributed by atoms with Crippen molar-refractivity contribution in [2.24, 2.45) is 0 Å². The molecule has 0 heterocycles. The van der Waals surface area contributed by atoms with Gasteiger partial charge in [0.15, 0.2) is 0 Å².